The Balaban J connectivity index is 1.58. The average Bonchev–Trinajstić information content (AvgIpc) is 2.69. The van der Waals surface area contributed by atoms with E-state index in [1.165, 1.54) is 4.90 Å². The molecule has 2 unspecified atom stereocenters. The minimum Gasteiger partial charge on any atom is -0.497 e. The summed E-state index contributed by atoms with van der Waals surface area (Å²) in [4.78, 5) is 25.8. The maximum absolute atomic E-state index is 12.4. The maximum atomic E-state index is 12.4. The Morgan fingerprint density at radius 3 is 2.46 bits per heavy atom. The van der Waals surface area contributed by atoms with Gasteiger partial charge >= 0.3 is 6.09 Å². The highest BCUT2D eigenvalue weighted by atomic mass is 16.5. The lowest BCUT2D eigenvalue weighted by Crippen LogP contribution is -2.72. The highest BCUT2D eigenvalue weighted by molar-refractivity contribution is 6.06. The number of amides is 2. The van der Waals surface area contributed by atoms with Crippen molar-refractivity contribution in [1.29, 1.82) is 0 Å². The second-order valence-corrected chi connectivity index (χ2v) is 5.84. The average molecular weight is 356 g/mol. The number of β-lactam (4-membered cyclic amide) rings is 1. The van der Waals surface area contributed by atoms with Crippen molar-refractivity contribution >= 4 is 17.7 Å². The van der Waals surface area contributed by atoms with Crippen LogP contribution in [0.4, 0.5) is 10.5 Å². The van der Waals surface area contributed by atoms with E-state index in [0.717, 1.165) is 5.56 Å². The lowest BCUT2D eigenvalue weighted by molar-refractivity contribution is -0.128. The van der Waals surface area contributed by atoms with E-state index >= 15 is 0 Å². The number of aliphatic hydroxyl groups is 1. The second-order valence-electron chi connectivity index (χ2n) is 5.84. The van der Waals surface area contributed by atoms with Gasteiger partial charge in [0.1, 0.15) is 18.4 Å². The highest BCUT2D eigenvalue weighted by Crippen LogP contribution is 2.29. The molecule has 1 aliphatic heterocycles. The van der Waals surface area contributed by atoms with Crippen LogP contribution >= 0.6 is 0 Å². The third-order valence-electron chi connectivity index (χ3n) is 4.24. The first kappa shape index (κ1) is 17.8. The molecule has 0 aliphatic carbocycles. The van der Waals surface area contributed by atoms with E-state index in [4.69, 9.17) is 9.47 Å². The molecule has 2 amide bonds. The van der Waals surface area contributed by atoms with Crippen LogP contribution in [0.25, 0.3) is 0 Å². The first-order valence-corrected chi connectivity index (χ1v) is 8.19. The Kier molecular flexibility index (Phi) is 5.38. The molecule has 1 heterocycles. The number of nitrogens with one attached hydrogen (secondary N) is 1. The van der Waals surface area contributed by atoms with Crippen molar-refractivity contribution in [2.45, 2.75) is 18.7 Å². The number of alkyl carbamates (subject to hydrolysis) is 1. The zero-order chi connectivity index (χ0) is 18.5. The number of rotatable bonds is 6. The molecule has 0 bridgehead atoms. The van der Waals surface area contributed by atoms with Crippen LogP contribution in [0, 0.1) is 0 Å². The molecule has 2 atom stereocenters. The summed E-state index contributed by atoms with van der Waals surface area (Å²) in [6, 6.07) is 14.8. The van der Waals surface area contributed by atoms with Crippen LogP contribution < -0.4 is 15.0 Å². The minimum absolute atomic E-state index is 0.111. The summed E-state index contributed by atoms with van der Waals surface area (Å²) in [6.07, 6.45) is -0.694. The van der Waals surface area contributed by atoms with Gasteiger partial charge in [0, 0.05) is 5.69 Å². The number of carbonyl (C=O) groups excluding carboxylic acids is 2. The Hall–Kier alpha value is -3.06. The molecule has 2 N–H and O–H groups in total. The molecule has 1 saturated heterocycles. The largest absolute Gasteiger partial charge is 0.497 e. The van der Waals surface area contributed by atoms with Gasteiger partial charge in [0.25, 0.3) is 5.91 Å². The standard InChI is InChI=1S/C19H20N2O5/c1-25-15-9-7-14(8-10-15)21-16(11-22)17(18(21)23)20-19(24)26-12-13-5-3-2-4-6-13/h2-10,16-17,22H,11-12H2,1H3,(H,20,24). The fourth-order valence-electron chi connectivity index (χ4n) is 2.84. The van der Waals surface area contributed by atoms with Gasteiger partial charge in [0.15, 0.2) is 0 Å². The molecule has 2 aromatic carbocycles. The summed E-state index contributed by atoms with van der Waals surface area (Å²) >= 11 is 0. The Morgan fingerprint density at radius 2 is 1.85 bits per heavy atom. The van der Waals surface area contributed by atoms with Crippen molar-refractivity contribution in [3.8, 4) is 5.75 Å². The van der Waals surface area contributed by atoms with E-state index < -0.39 is 18.2 Å². The number of carbonyl (C=O) groups is 2. The lowest BCUT2D eigenvalue weighted by Gasteiger charge is -2.46. The molecule has 3 rings (SSSR count). The molecule has 0 aromatic heterocycles. The van der Waals surface area contributed by atoms with Crippen LogP contribution in [0.3, 0.4) is 0 Å². The summed E-state index contributed by atoms with van der Waals surface area (Å²) in [5.74, 6) is 0.368. The molecule has 1 aliphatic rings. The molecular formula is C19H20N2O5. The van der Waals surface area contributed by atoms with Crippen LogP contribution in [-0.2, 0) is 16.1 Å². The SMILES string of the molecule is COc1ccc(N2C(=O)C(NC(=O)OCc3ccccc3)C2CO)cc1. The normalized spacial score (nSPS) is 18.8. The van der Waals surface area contributed by atoms with Gasteiger partial charge in [-0.1, -0.05) is 30.3 Å². The third-order valence-corrected chi connectivity index (χ3v) is 4.24. The van der Waals surface area contributed by atoms with Crippen molar-refractivity contribution in [3.63, 3.8) is 0 Å². The molecule has 0 saturated carbocycles. The quantitative estimate of drug-likeness (QED) is 0.769. The fourth-order valence-corrected chi connectivity index (χ4v) is 2.84. The van der Waals surface area contributed by atoms with Gasteiger partial charge in [-0.25, -0.2) is 4.79 Å². The second kappa shape index (κ2) is 7.88. The van der Waals surface area contributed by atoms with Crippen molar-refractivity contribution < 1.29 is 24.2 Å². The summed E-state index contributed by atoms with van der Waals surface area (Å²) in [7, 11) is 1.56. The lowest BCUT2D eigenvalue weighted by atomic mass is 9.94. The minimum atomic E-state index is -0.814. The monoisotopic (exact) mass is 356 g/mol. The zero-order valence-electron chi connectivity index (χ0n) is 14.3. The molecule has 0 spiro atoms. The third kappa shape index (κ3) is 3.62. The van der Waals surface area contributed by atoms with Crippen LogP contribution in [0.2, 0.25) is 0 Å². The molecule has 0 radical (unpaired) electrons. The van der Waals surface area contributed by atoms with Crippen molar-refractivity contribution in [2.75, 3.05) is 18.6 Å². The highest BCUT2D eigenvalue weighted by Gasteiger charge is 2.48. The van der Waals surface area contributed by atoms with E-state index in [0.29, 0.717) is 11.4 Å². The predicted octanol–water partition coefficient (Wildman–Crippen LogP) is 1.70. The topological polar surface area (TPSA) is 88.1 Å². The molecule has 136 valence electrons. The van der Waals surface area contributed by atoms with Gasteiger partial charge in [0.2, 0.25) is 0 Å². The molecule has 2 aromatic rings. The number of anilines is 1. The van der Waals surface area contributed by atoms with Gasteiger partial charge in [-0.3, -0.25) is 4.79 Å². The van der Waals surface area contributed by atoms with E-state index in [9.17, 15) is 14.7 Å². The molecule has 7 heteroatoms. The fraction of sp³-hybridized carbons (Fsp3) is 0.263. The van der Waals surface area contributed by atoms with Crippen LogP contribution in [0.5, 0.6) is 5.75 Å². The van der Waals surface area contributed by atoms with E-state index in [1.807, 2.05) is 30.3 Å². The molecular weight excluding hydrogens is 336 g/mol. The zero-order valence-corrected chi connectivity index (χ0v) is 14.3. The number of ether oxygens (including phenoxy) is 2. The van der Waals surface area contributed by atoms with Crippen LogP contribution in [0.1, 0.15) is 5.56 Å². The number of hydrogen-bond donors (Lipinski definition) is 2. The predicted molar refractivity (Wildman–Crippen MR) is 94.9 cm³/mol. The van der Waals surface area contributed by atoms with Gasteiger partial charge in [-0.05, 0) is 29.8 Å². The molecule has 7 nitrogen and oxygen atoms in total. The van der Waals surface area contributed by atoms with Crippen LogP contribution in [-0.4, -0.2) is 42.9 Å². The van der Waals surface area contributed by atoms with Crippen LogP contribution in [0.15, 0.2) is 54.6 Å². The smallest absolute Gasteiger partial charge is 0.408 e. The Bertz CT molecular complexity index is 763. The number of benzene rings is 2. The number of methoxy groups -OCH3 is 1. The first-order valence-electron chi connectivity index (χ1n) is 8.19. The van der Waals surface area contributed by atoms with Crippen molar-refractivity contribution in [3.05, 3.63) is 60.2 Å². The summed E-state index contributed by atoms with van der Waals surface area (Å²) < 4.78 is 10.2. The first-order chi connectivity index (χ1) is 12.6. The van der Waals surface area contributed by atoms with Crippen molar-refractivity contribution in [2.24, 2.45) is 0 Å². The van der Waals surface area contributed by atoms with Gasteiger partial charge in [-0.2, -0.15) is 0 Å². The number of nitrogens with zero attached hydrogens (tertiary/aromatic N) is 1. The number of hydrogen-bond acceptors (Lipinski definition) is 5. The van der Waals surface area contributed by atoms with E-state index in [1.54, 1.807) is 31.4 Å². The van der Waals surface area contributed by atoms with Crippen molar-refractivity contribution in [1.82, 2.24) is 5.32 Å². The Morgan fingerprint density at radius 1 is 1.15 bits per heavy atom. The maximum Gasteiger partial charge on any atom is 0.408 e. The summed E-state index contributed by atoms with van der Waals surface area (Å²) in [5, 5.41) is 12.1. The summed E-state index contributed by atoms with van der Waals surface area (Å²) in [6.45, 7) is -0.166. The van der Waals surface area contributed by atoms with Gasteiger partial charge in [-0.15, -0.1) is 0 Å². The van der Waals surface area contributed by atoms with Gasteiger partial charge < -0.3 is 24.8 Å². The van der Waals surface area contributed by atoms with E-state index in [2.05, 4.69) is 5.32 Å². The number of aliphatic hydroxyl groups excluding tert-OH is 1. The van der Waals surface area contributed by atoms with E-state index in [-0.39, 0.29) is 19.1 Å². The Labute approximate surface area is 151 Å². The van der Waals surface area contributed by atoms with Gasteiger partial charge in [0.05, 0.1) is 19.8 Å². The molecule has 26 heavy (non-hydrogen) atoms. The molecule has 1 fully saturated rings. The summed E-state index contributed by atoms with van der Waals surface area (Å²) in [5.41, 5.74) is 1.48.